The van der Waals surface area contributed by atoms with Gasteiger partial charge in [-0.3, -0.25) is 14.3 Å². The molecule has 1 saturated heterocycles. The molecule has 1 aliphatic heterocycles. The van der Waals surface area contributed by atoms with Crippen molar-refractivity contribution in [3.05, 3.63) is 52.7 Å². The monoisotopic (exact) mass is 438 g/mol. The lowest BCUT2D eigenvalue weighted by Gasteiger charge is -2.30. The van der Waals surface area contributed by atoms with Crippen molar-refractivity contribution in [2.24, 2.45) is 7.05 Å². The summed E-state index contributed by atoms with van der Waals surface area (Å²) in [4.78, 5) is 29.1. The van der Waals surface area contributed by atoms with E-state index >= 15 is 0 Å². The zero-order chi connectivity index (χ0) is 22.0. The molecule has 0 aliphatic carbocycles. The normalized spacial score (nSPS) is 17.2. The number of carbonyl (C=O) groups is 2. The lowest BCUT2D eigenvalue weighted by atomic mass is 9.97. The van der Waals surface area contributed by atoms with Crippen LogP contribution >= 0.6 is 11.3 Å². The smallest absolute Gasteiger partial charge is 0.261 e. The van der Waals surface area contributed by atoms with Crippen molar-refractivity contribution >= 4 is 33.2 Å². The maximum atomic E-state index is 13.3. The van der Waals surface area contributed by atoms with Crippen molar-refractivity contribution in [3.63, 3.8) is 0 Å². The Morgan fingerprint density at radius 2 is 2.03 bits per heavy atom. The summed E-state index contributed by atoms with van der Waals surface area (Å²) in [6, 6.07) is 8.34. The first-order valence-corrected chi connectivity index (χ1v) is 11.9. The van der Waals surface area contributed by atoms with Crippen LogP contribution in [0.15, 0.2) is 36.7 Å². The standard InChI is InChI=1S/C24H30N4O2S/c1-16(2)26-23(29)22-20(19-10-6-7-11-21(19)31-22)13-18-9-5-4-8-12-28(18)24(30)17-14-25-27(3)15-17/h6-7,10-11,14-16,18H,4-5,8-9,12-13H2,1-3H3,(H,26,29)/t18-/m0/s1. The minimum absolute atomic E-state index is 0.0232. The topological polar surface area (TPSA) is 67.2 Å². The Hall–Kier alpha value is -2.67. The lowest BCUT2D eigenvalue weighted by Crippen LogP contribution is -2.41. The second kappa shape index (κ2) is 9.22. The quantitative estimate of drug-likeness (QED) is 0.642. The molecule has 2 aromatic heterocycles. The molecular weight excluding hydrogens is 408 g/mol. The number of nitrogens with one attached hydrogen (secondary N) is 1. The van der Waals surface area contributed by atoms with Crippen LogP contribution in [0.4, 0.5) is 0 Å². The third kappa shape index (κ3) is 4.66. The maximum Gasteiger partial charge on any atom is 0.261 e. The first kappa shape index (κ1) is 21.6. The van der Waals surface area contributed by atoms with Gasteiger partial charge in [0, 0.05) is 36.6 Å². The van der Waals surface area contributed by atoms with E-state index in [0.717, 1.165) is 52.8 Å². The zero-order valence-electron chi connectivity index (χ0n) is 18.4. The Bertz CT molecular complexity index is 1080. The number of aryl methyl sites for hydroxylation is 1. The van der Waals surface area contributed by atoms with Gasteiger partial charge in [-0.25, -0.2) is 0 Å². The fourth-order valence-corrected chi connectivity index (χ4v) is 5.54. The van der Waals surface area contributed by atoms with Gasteiger partial charge in [0.2, 0.25) is 0 Å². The van der Waals surface area contributed by atoms with Crippen molar-refractivity contribution in [2.75, 3.05) is 6.54 Å². The predicted octanol–water partition coefficient (Wildman–Crippen LogP) is 4.40. The van der Waals surface area contributed by atoms with Gasteiger partial charge < -0.3 is 10.2 Å². The van der Waals surface area contributed by atoms with Gasteiger partial charge in [0.15, 0.2) is 0 Å². The number of aromatic nitrogens is 2. The Morgan fingerprint density at radius 3 is 2.77 bits per heavy atom. The molecule has 164 valence electrons. The van der Waals surface area contributed by atoms with Gasteiger partial charge in [-0.2, -0.15) is 5.10 Å². The summed E-state index contributed by atoms with van der Waals surface area (Å²) in [6.07, 6.45) is 8.29. The molecule has 0 unspecified atom stereocenters. The molecular formula is C24H30N4O2S. The van der Waals surface area contributed by atoms with E-state index in [9.17, 15) is 9.59 Å². The third-order valence-corrected chi connectivity index (χ3v) is 7.07. The number of rotatable bonds is 5. The molecule has 0 saturated carbocycles. The molecule has 0 spiro atoms. The van der Waals surface area contributed by atoms with E-state index in [4.69, 9.17) is 0 Å². The largest absolute Gasteiger partial charge is 0.349 e. The number of nitrogens with zero attached hydrogens (tertiary/aromatic N) is 3. The van der Waals surface area contributed by atoms with Crippen LogP contribution in [0.25, 0.3) is 10.1 Å². The van der Waals surface area contributed by atoms with E-state index in [0.29, 0.717) is 12.0 Å². The molecule has 31 heavy (non-hydrogen) atoms. The Labute approximate surface area is 187 Å². The van der Waals surface area contributed by atoms with E-state index in [1.165, 1.54) is 0 Å². The molecule has 1 fully saturated rings. The summed E-state index contributed by atoms with van der Waals surface area (Å²) in [5.41, 5.74) is 1.69. The summed E-state index contributed by atoms with van der Waals surface area (Å²) in [6.45, 7) is 4.70. The average molecular weight is 439 g/mol. The minimum Gasteiger partial charge on any atom is -0.349 e. The van der Waals surface area contributed by atoms with Gasteiger partial charge >= 0.3 is 0 Å². The van der Waals surface area contributed by atoms with E-state index in [2.05, 4.69) is 22.5 Å². The number of hydrogen-bond donors (Lipinski definition) is 1. The van der Waals surface area contributed by atoms with Gasteiger partial charge in [-0.1, -0.05) is 31.0 Å². The molecule has 1 aliphatic rings. The third-order valence-electron chi connectivity index (χ3n) is 5.85. The average Bonchev–Trinajstić information content (AvgIpc) is 3.24. The fraction of sp³-hybridized carbons (Fsp3) is 0.458. The van der Waals surface area contributed by atoms with Gasteiger partial charge in [0.1, 0.15) is 0 Å². The molecule has 3 aromatic rings. The van der Waals surface area contributed by atoms with Crippen LogP contribution in [-0.4, -0.2) is 45.1 Å². The summed E-state index contributed by atoms with van der Waals surface area (Å²) in [5.74, 6) is 0.0117. The first-order valence-electron chi connectivity index (χ1n) is 11.0. The molecule has 1 atom stereocenters. The van der Waals surface area contributed by atoms with E-state index < -0.39 is 0 Å². The first-order chi connectivity index (χ1) is 14.9. The van der Waals surface area contributed by atoms with Crippen LogP contribution in [0.3, 0.4) is 0 Å². The van der Waals surface area contributed by atoms with Gasteiger partial charge in [0.25, 0.3) is 11.8 Å². The SMILES string of the molecule is CC(C)NC(=O)c1sc2ccccc2c1C[C@@H]1CCCCCN1C(=O)c1cnn(C)c1. The molecule has 1 N–H and O–H groups in total. The van der Waals surface area contributed by atoms with Gasteiger partial charge in [-0.15, -0.1) is 11.3 Å². The number of benzene rings is 1. The van der Waals surface area contributed by atoms with Gasteiger partial charge in [-0.05, 0) is 50.1 Å². The van der Waals surface area contributed by atoms with Crippen LogP contribution < -0.4 is 5.32 Å². The number of thiophene rings is 1. The highest BCUT2D eigenvalue weighted by atomic mass is 32.1. The summed E-state index contributed by atoms with van der Waals surface area (Å²) >= 11 is 1.55. The molecule has 3 heterocycles. The van der Waals surface area contributed by atoms with Crippen LogP contribution in [0.5, 0.6) is 0 Å². The van der Waals surface area contributed by atoms with Crippen LogP contribution in [-0.2, 0) is 13.5 Å². The predicted molar refractivity (Wildman–Crippen MR) is 125 cm³/mol. The van der Waals surface area contributed by atoms with E-state index in [1.54, 1.807) is 28.4 Å². The second-order valence-corrected chi connectivity index (χ2v) is 9.69. The van der Waals surface area contributed by atoms with Crippen molar-refractivity contribution < 1.29 is 9.59 Å². The van der Waals surface area contributed by atoms with Gasteiger partial charge in [0.05, 0.1) is 16.6 Å². The van der Waals surface area contributed by atoms with E-state index in [1.807, 2.05) is 37.9 Å². The highest BCUT2D eigenvalue weighted by Crippen LogP contribution is 2.34. The number of carbonyl (C=O) groups excluding carboxylic acids is 2. The molecule has 1 aromatic carbocycles. The summed E-state index contributed by atoms with van der Waals surface area (Å²) in [5, 5.41) is 8.36. The molecule has 0 radical (unpaired) electrons. The summed E-state index contributed by atoms with van der Waals surface area (Å²) in [7, 11) is 1.83. The van der Waals surface area contributed by atoms with E-state index in [-0.39, 0.29) is 23.9 Å². The fourth-order valence-electron chi connectivity index (χ4n) is 4.40. The lowest BCUT2D eigenvalue weighted by molar-refractivity contribution is 0.0682. The van der Waals surface area contributed by atoms with Crippen molar-refractivity contribution in [2.45, 2.75) is 58.0 Å². The molecule has 6 nitrogen and oxygen atoms in total. The number of hydrogen-bond acceptors (Lipinski definition) is 4. The highest BCUT2D eigenvalue weighted by molar-refractivity contribution is 7.21. The van der Waals surface area contributed by atoms with Crippen LogP contribution in [0.1, 0.15) is 65.1 Å². The molecule has 4 rings (SSSR count). The Kier molecular flexibility index (Phi) is 6.41. The van der Waals surface area contributed by atoms with Crippen LogP contribution in [0.2, 0.25) is 0 Å². The number of likely N-dealkylation sites (tertiary alicyclic amines) is 1. The minimum atomic E-state index is -0.0232. The Balaban J connectivity index is 1.69. The maximum absolute atomic E-state index is 13.3. The zero-order valence-corrected chi connectivity index (χ0v) is 19.2. The number of amides is 2. The van der Waals surface area contributed by atoms with Crippen molar-refractivity contribution in [1.82, 2.24) is 20.0 Å². The van der Waals surface area contributed by atoms with Crippen molar-refractivity contribution in [3.8, 4) is 0 Å². The number of fused-ring (bicyclic) bond motifs is 1. The highest BCUT2D eigenvalue weighted by Gasteiger charge is 2.30. The van der Waals surface area contributed by atoms with Crippen LogP contribution in [0, 0.1) is 0 Å². The molecule has 2 amide bonds. The molecule has 7 heteroatoms. The Morgan fingerprint density at radius 1 is 1.23 bits per heavy atom. The second-order valence-electron chi connectivity index (χ2n) is 8.64. The van der Waals surface area contributed by atoms with Crippen molar-refractivity contribution in [1.29, 1.82) is 0 Å². The molecule has 0 bridgehead atoms. The summed E-state index contributed by atoms with van der Waals surface area (Å²) < 4.78 is 2.78.